The summed E-state index contributed by atoms with van der Waals surface area (Å²) in [5, 5.41) is 11.9. The maximum Gasteiger partial charge on any atom is 0.407 e. The number of amides is 2. The zero-order valence-electron chi connectivity index (χ0n) is 19.0. The number of nitrogens with zero attached hydrogens (tertiary/aromatic N) is 1. The number of ether oxygens (including phenoxy) is 1. The molecule has 1 saturated heterocycles. The van der Waals surface area contributed by atoms with E-state index < -0.39 is 24.0 Å². The fourth-order valence-electron chi connectivity index (χ4n) is 4.82. The van der Waals surface area contributed by atoms with Gasteiger partial charge in [0.1, 0.15) is 12.6 Å². The molecule has 33 heavy (non-hydrogen) atoms. The second-order valence-electron chi connectivity index (χ2n) is 9.13. The molecule has 0 aromatic heterocycles. The lowest BCUT2D eigenvalue weighted by Gasteiger charge is -2.34. The molecular weight excluding hydrogens is 420 g/mol. The average Bonchev–Trinajstić information content (AvgIpc) is 3.14. The Kier molecular flexibility index (Phi) is 6.67. The van der Waals surface area contributed by atoms with Crippen LogP contribution in [0.2, 0.25) is 0 Å². The van der Waals surface area contributed by atoms with Crippen LogP contribution >= 0.6 is 0 Å². The predicted octanol–water partition coefficient (Wildman–Crippen LogP) is 3.87. The Morgan fingerprint density at radius 3 is 2.06 bits per heavy atom. The van der Waals surface area contributed by atoms with Gasteiger partial charge in [-0.1, -0.05) is 62.4 Å². The van der Waals surface area contributed by atoms with Gasteiger partial charge in [0.2, 0.25) is 5.91 Å². The lowest BCUT2D eigenvalue weighted by atomic mass is 9.95. The summed E-state index contributed by atoms with van der Waals surface area (Å²) in [7, 11) is 0. The summed E-state index contributed by atoms with van der Waals surface area (Å²) in [5.41, 5.74) is 4.57. The molecule has 7 nitrogen and oxygen atoms in total. The van der Waals surface area contributed by atoms with E-state index in [1.807, 2.05) is 38.1 Å². The predicted molar refractivity (Wildman–Crippen MR) is 124 cm³/mol. The number of fused-ring (bicyclic) bond motifs is 3. The van der Waals surface area contributed by atoms with Crippen molar-refractivity contribution < 1.29 is 24.2 Å². The molecular formula is C26H30N2O5. The molecule has 2 aliphatic rings. The molecule has 1 aliphatic heterocycles. The topological polar surface area (TPSA) is 95.9 Å². The molecule has 2 N–H and O–H groups in total. The normalized spacial score (nSPS) is 16.8. The molecule has 174 valence electrons. The highest BCUT2D eigenvalue weighted by Crippen LogP contribution is 2.44. The molecule has 1 heterocycles. The van der Waals surface area contributed by atoms with Gasteiger partial charge in [0, 0.05) is 19.0 Å². The van der Waals surface area contributed by atoms with E-state index in [-0.39, 0.29) is 24.3 Å². The number of benzene rings is 2. The molecule has 1 fully saturated rings. The Bertz CT molecular complexity index is 997. The van der Waals surface area contributed by atoms with E-state index in [9.17, 15) is 19.5 Å². The molecule has 2 aromatic carbocycles. The third-order valence-corrected chi connectivity index (χ3v) is 6.71. The van der Waals surface area contributed by atoms with Crippen LogP contribution in [-0.4, -0.2) is 53.7 Å². The standard InChI is InChI=1S/C26H30N2O5/c1-16(2)23(24(29)28-13-11-17(12-14-28)25(30)31)27-26(32)33-15-22-20-9-5-3-7-18(20)19-8-4-6-10-21(19)22/h3-10,16-17,22-23H,11-15H2,1-2H3,(H,27,32)(H,30,31)/t23-/m0/s1. The zero-order valence-corrected chi connectivity index (χ0v) is 19.0. The molecule has 0 unspecified atom stereocenters. The SMILES string of the molecule is CC(C)[C@H](NC(=O)OCC1c2ccccc2-c2ccccc21)C(=O)N1CCC(C(=O)O)CC1. The van der Waals surface area contributed by atoms with Gasteiger partial charge >= 0.3 is 12.1 Å². The van der Waals surface area contributed by atoms with E-state index in [1.54, 1.807) is 4.90 Å². The van der Waals surface area contributed by atoms with Gasteiger partial charge in [-0.2, -0.15) is 0 Å². The lowest BCUT2D eigenvalue weighted by molar-refractivity contribution is -0.146. The highest BCUT2D eigenvalue weighted by atomic mass is 16.5. The molecule has 4 rings (SSSR count). The first-order valence-electron chi connectivity index (χ1n) is 11.5. The number of alkyl carbamates (subject to hydrolysis) is 1. The summed E-state index contributed by atoms with van der Waals surface area (Å²) < 4.78 is 5.61. The summed E-state index contributed by atoms with van der Waals surface area (Å²) in [5.74, 6) is -1.61. The van der Waals surface area contributed by atoms with Crippen LogP contribution in [0.5, 0.6) is 0 Å². The third-order valence-electron chi connectivity index (χ3n) is 6.71. The van der Waals surface area contributed by atoms with Crippen LogP contribution < -0.4 is 5.32 Å². The van der Waals surface area contributed by atoms with Gasteiger partial charge in [-0.15, -0.1) is 0 Å². The highest BCUT2D eigenvalue weighted by Gasteiger charge is 2.34. The van der Waals surface area contributed by atoms with Gasteiger partial charge in [0.25, 0.3) is 0 Å². The van der Waals surface area contributed by atoms with Crippen LogP contribution in [-0.2, 0) is 14.3 Å². The summed E-state index contributed by atoms with van der Waals surface area (Å²) in [6, 6.07) is 15.5. The maximum absolute atomic E-state index is 13.0. The molecule has 0 saturated carbocycles. The minimum absolute atomic E-state index is 0.0496. The molecule has 2 aromatic rings. The second-order valence-corrected chi connectivity index (χ2v) is 9.13. The molecule has 0 bridgehead atoms. The largest absolute Gasteiger partial charge is 0.481 e. The molecule has 2 amide bonds. The summed E-state index contributed by atoms with van der Waals surface area (Å²) in [6.07, 6.45) is 0.234. The average molecular weight is 451 g/mol. The Labute approximate surface area is 193 Å². The van der Waals surface area contributed by atoms with Gasteiger partial charge in [-0.3, -0.25) is 9.59 Å². The van der Waals surface area contributed by atoms with Crippen molar-refractivity contribution in [2.24, 2.45) is 11.8 Å². The number of nitrogens with one attached hydrogen (secondary N) is 1. The minimum atomic E-state index is -0.820. The van der Waals surface area contributed by atoms with E-state index in [2.05, 4.69) is 29.6 Å². The Morgan fingerprint density at radius 1 is 1.00 bits per heavy atom. The van der Waals surface area contributed by atoms with E-state index in [0.717, 1.165) is 22.3 Å². The summed E-state index contributed by atoms with van der Waals surface area (Å²) in [4.78, 5) is 38.6. The number of likely N-dealkylation sites (tertiary alicyclic amines) is 1. The first kappa shape index (κ1) is 22.8. The van der Waals surface area contributed by atoms with Gasteiger partial charge in [0.05, 0.1) is 5.92 Å². The van der Waals surface area contributed by atoms with Crippen LogP contribution in [0.15, 0.2) is 48.5 Å². The van der Waals surface area contributed by atoms with Gasteiger partial charge in [-0.05, 0) is 41.0 Å². The van der Waals surface area contributed by atoms with E-state index in [1.165, 1.54) is 0 Å². The number of rotatable bonds is 6. The number of carboxylic acids is 1. The van der Waals surface area contributed by atoms with Crippen molar-refractivity contribution in [3.8, 4) is 11.1 Å². The Balaban J connectivity index is 1.38. The van der Waals surface area contributed by atoms with E-state index in [4.69, 9.17) is 4.74 Å². The molecule has 1 atom stereocenters. The quantitative estimate of drug-likeness (QED) is 0.697. The van der Waals surface area contributed by atoms with Crippen molar-refractivity contribution in [3.05, 3.63) is 59.7 Å². The van der Waals surface area contributed by atoms with Crippen LogP contribution in [0, 0.1) is 11.8 Å². The molecule has 7 heteroatoms. The number of hydrogen-bond acceptors (Lipinski definition) is 4. The fraction of sp³-hybridized carbons (Fsp3) is 0.423. The van der Waals surface area contributed by atoms with Crippen molar-refractivity contribution in [2.45, 2.75) is 38.6 Å². The van der Waals surface area contributed by atoms with Crippen molar-refractivity contribution in [2.75, 3.05) is 19.7 Å². The van der Waals surface area contributed by atoms with Crippen LogP contribution in [0.4, 0.5) is 4.79 Å². The number of carboxylic acid groups (broad SMARTS) is 1. The summed E-state index contributed by atoms with van der Waals surface area (Å²) in [6.45, 7) is 4.69. The van der Waals surface area contributed by atoms with Crippen molar-refractivity contribution >= 4 is 18.0 Å². The third kappa shape index (κ3) is 4.72. The van der Waals surface area contributed by atoms with Gasteiger partial charge in [0.15, 0.2) is 0 Å². The number of piperidine rings is 1. The first-order valence-corrected chi connectivity index (χ1v) is 11.5. The van der Waals surface area contributed by atoms with Crippen molar-refractivity contribution in [1.29, 1.82) is 0 Å². The Morgan fingerprint density at radius 2 is 1.55 bits per heavy atom. The van der Waals surface area contributed by atoms with Crippen LogP contribution in [0.1, 0.15) is 43.7 Å². The smallest absolute Gasteiger partial charge is 0.407 e. The van der Waals surface area contributed by atoms with Gasteiger partial charge in [-0.25, -0.2) is 4.79 Å². The molecule has 0 spiro atoms. The number of aliphatic carboxylic acids is 1. The second kappa shape index (κ2) is 9.65. The van der Waals surface area contributed by atoms with Crippen molar-refractivity contribution in [1.82, 2.24) is 10.2 Å². The Hall–Kier alpha value is -3.35. The van der Waals surface area contributed by atoms with Crippen LogP contribution in [0.3, 0.4) is 0 Å². The van der Waals surface area contributed by atoms with Crippen molar-refractivity contribution in [3.63, 3.8) is 0 Å². The number of hydrogen-bond donors (Lipinski definition) is 2. The number of carbonyl (C=O) groups excluding carboxylic acids is 2. The minimum Gasteiger partial charge on any atom is -0.481 e. The monoisotopic (exact) mass is 450 g/mol. The number of carbonyl (C=O) groups is 3. The van der Waals surface area contributed by atoms with Crippen LogP contribution in [0.25, 0.3) is 11.1 Å². The van der Waals surface area contributed by atoms with E-state index in [0.29, 0.717) is 25.9 Å². The summed E-state index contributed by atoms with van der Waals surface area (Å²) >= 11 is 0. The first-order chi connectivity index (χ1) is 15.9. The van der Waals surface area contributed by atoms with E-state index >= 15 is 0 Å². The van der Waals surface area contributed by atoms with Gasteiger partial charge < -0.3 is 20.1 Å². The molecule has 0 radical (unpaired) electrons. The fourth-order valence-corrected chi connectivity index (χ4v) is 4.82. The lowest BCUT2D eigenvalue weighted by Crippen LogP contribution is -2.53. The molecule has 1 aliphatic carbocycles. The zero-order chi connectivity index (χ0) is 23.5. The maximum atomic E-state index is 13.0. The highest BCUT2D eigenvalue weighted by molar-refractivity contribution is 5.86.